The number of benzene rings is 2. The predicted octanol–water partition coefficient (Wildman–Crippen LogP) is 5.20. The topological polar surface area (TPSA) is 55.2 Å². The Hall–Kier alpha value is -2.90. The van der Waals surface area contributed by atoms with Gasteiger partial charge < -0.3 is 4.90 Å². The lowest BCUT2D eigenvalue weighted by atomic mass is 10.1. The number of anilines is 1. The number of hydrogen-bond donors (Lipinski definition) is 0. The second-order valence-electron chi connectivity index (χ2n) is 7.44. The van der Waals surface area contributed by atoms with Crippen LogP contribution in [0.15, 0.2) is 76.0 Å². The van der Waals surface area contributed by atoms with Crippen molar-refractivity contribution in [3.05, 3.63) is 76.4 Å². The number of fused-ring (bicyclic) bond motifs is 1. The second-order valence-corrected chi connectivity index (χ2v) is 9.24. The lowest BCUT2D eigenvalue weighted by molar-refractivity contribution is -0.116. The van der Waals surface area contributed by atoms with E-state index in [1.807, 2.05) is 79.9 Å². The lowest BCUT2D eigenvalue weighted by Crippen LogP contribution is -2.38. The third-order valence-corrected chi connectivity index (χ3v) is 6.89. The van der Waals surface area contributed by atoms with Gasteiger partial charge in [-0.1, -0.05) is 60.3 Å². The molecule has 0 unspecified atom stereocenters. The number of carbonyl (C=O) groups excluding carboxylic acids is 1. The van der Waals surface area contributed by atoms with Crippen molar-refractivity contribution in [2.75, 3.05) is 10.7 Å². The molecule has 0 aliphatic rings. The first-order chi connectivity index (χ1) is 15.0. The van der Waals surface area contributed by atoms with Gasteiger partial charge in [0.2, 0.25) is 5.91 Å². The first-order valence-corrected chi connectivity index (χ1v) is 11.9. The van der Waals surface area contributed by atoms with Gasteiger partial charge in [0.25, 0.3) is 5.56 Å². The Morgan fingerprint density at radius 1 is 1.10 bits per heavy atom. The van der Waals surface area contributed by atoms with Crippen LogP contribution in [0.1, 0.15) is 13.8 Å². The standard InChI is InChI=1S/C24H23N3O2S2/c1-16(2)27(18-12-8-5-9-13-18)20(28)15-31-24-25-22-21(23(29)26(24)3)19(14-30-22)17-10-6-4-7-11-17/h4-14,16H,15H2,1-3H3. The number of hydrogen-bond acceptors (Lipinski definition) is 5. The molecule has 2 aromatic carbocycles. The Morgan fingerprint density at radius 3 is 2.39 bits per heavy atom. The van der Waals surface area contributed by atoms with Crippen LogP contribution in [-0.4, -0.2) is 27.3 Å². The molecule has 0 spiro atoms. The van der Waals surface area contributed by atoms with Gasteiger partial charge in [-0.2, -0.15) is 0 Å². The Kier molecular flexibility index (Phi) is 6.25. The van der Waals surface area contributed by atoms with Crippen LogP contribution in [0.3, 0.4) is 0 Å². The first kappa shape index (κ1) is 21.3. The molecule has 0 fully saturated rings. The smallest absolute Gasteiger partial charge is 0.263 e. The number of aromatic nitrogens is 2. The van der Waals surface area contributed by atoms with Crippen LogP contribution >= 0.6 is 23.1 Å². The van der Waals surface area contributed by atoms with E-state index in [0.717, 1.165) is 16.8 Å². The van der Waals surface area contributed by atoms with Crippen molar-refractivity contribution < 1.29 is 4.79 Å². The molecule has 0 saturated heterocycles. The number of thiophene rings is 1. The van der Waals surface area contributed by atoms with E-state index in [0.29, 0.717) is 15.4 Å². The minimum Gasteiger partial charge on any atom is -0.309 e. The monoisotopic (exact) mass is 449 g/mol. The van der Waals surface area contributed by atoms with Crippen molar-refractivity contribution in [3.8, 4) is 11.1 Å². The fourth-order valence-corrected chi connectivity index (χ4v) is 5.35. The molecule has 0 atom stereocenters. The number of para-hydroxylation sites is 1. The SMILES string of the molecule is CC(C)N(C(=O)CSc1nc2scc(-c3ccccc3)c2c(=O)n1C)c1ccccc1. The van der Waals surface area contributed by atoms with Gasteiger partial charge in [-0.05, 0) is 31.5 Å². The zero-order chi connectivity index (χ0) is 22.0. The first-order valence-electron chi connectivity index (χ1n) is 10.0. The largest absolute Gasteiger partial charge is 0.309 e. The van der Waals surface area contributed by atoms with E-state index in [-0.39, 0.29) is 23.3 Å². The summed E-state index contributed by atoms with van der Waals surface area (Å²) in [6.45, 7) is 3.98. The molecule has 0 aliphatic heterocycles. The Bertz CT molecular complexity index is 1260. The van der Waals surface area contributed by atoms with Crippen LogP contribution in [-0.2, 0) is 11.8 Å². The Morgan fingerprint density at radius 2 is 1.74 bits per heavy atom. The number of amides is 1. The number of thioether (sulfide) groups is 1. The molecule has 7 heteroatoms. The fourth-order valence-electron chi connectivity index (χ4n) is 3.53. The van der Waals surface area contributed by atoms with E-state index >= 15 is 0 Å². The summed E-state index contributed by atoms with van der Waals surface area (Å²) in [6.07, 6.45) is 0. The molecule has 4 rings (SSSR count). The van der Waals surface area contributed by atoms with E-state index in [2.05, 4.69) is 0 Å². The summed E-state index contributed by atoms with van der Waals surface area (Å²) < 4.78 is 1.54. The average molecular weight is 450 g/mol. The zero-order valence-corrected chi connectivity index (χ0v) is 19.2. The highest BCUT2D eigenvalue weighted by Gasteiger charge is 2.21. The molecular formula is C24H23N3O2S2. The molecule has 0 aliphatic carbocycles. The van der Waals surface area contributed by atoms with E-state index in [1.165, 1.54) is 23.1 Å². The molecule has 4 aromatic rings. The van der Waals surface area contributed by atoms with Gasteiger partial charge in [0, 0.05) is 29.7 Å². The molecule has 158 valence electrons. The summed E-state index contributed by atoms with van der Waals surface area (Å²) in [4.78, 5) is 33.3. The van der Waals surface area contributed by atoms with Gasteiger partial charge in [0.1, 0.15) is 4.83 Å². The molecule has 31 heavy (non-hydrogen) atoms. The van der Waals surface area contributed by atoms with Gasteiger partial charge in [0.05, 0.1) is 11.1 Å². The maximum Gasteiger partial charge on any atom is 0.263 e. The molecule has 2 aromatic heterocycles. The van der Waals surface area contributed by atoms with Crippen LogP contribution in [0.2, 0.25) is 0 Å². The third-order valence-electron chi connectivity index (χ3n) is 5.00. The van der Waals surface area contributed by atoms with Gasteiger partial charge >= 0.3 is 0 Å². The second kappa shape index (κ2) is 9.08. The lowest BCUT2D eigenvalue weighted by Gasteiger charge is -2.26. The molecule has 0 bridgehead atoms. The quantitative estimate of drug-likeness (QED) is 0.300. The van der Waals surface area contributed by atoms with Gasteiger partial charge in [-0.15, -0.1) is 11.3 Å². The molecule has 2 heterocycles. The van der Waals surface area contributed by atoms with Gasteiger partial charge in [0.15, 0.2) is 5.16 Å². The summed E-state index contributed by atoms with van der Waals surface area (Å²) in [5.41, 5.74) is 2.67. The highest BCUT2D eigenvalue weighted by atomic mass is 32.2. The van der Waals surface area contributed by atoms with Crippen molar-refractivity contribution in [3.63, 3.8) is 0 Å². The van der Waals surface area contributed by atoms with Crippen molar-refractivity contribution >= 4 is 44.9 Å². The van der Waals surface area contributed by atoms with E-state index < -0.39 is 0 Å². The highest BCUT2D eigenvalue weighted by Crippen LogP contribution is 2.32. The van der Waals surface area contributed by atoms with Crippen LogP contribution < -0.4 is 10.5 Å². The van der Waals surface area contributed by atoms with Crippen molar-refractivity contribution in [2.45, 2.75) is 25.0 Å². The molecule has 0 saturated carbocycles. The minimum absolute atomic E-state index is 0.0169. The number of nitrogens with zero attached hydrogens (tertiary/aromatic N) is 3. The summed E-state index contributed by atoms with van der Waals surface area (Å²) in [5, 5.41) is 3.15. The average Bonchev–Trinajstić information content (AvgIpc) is 3.20. The summed E-state index contributed by atoms with van der Waals surface area (Å²) in [5.74, 6) is 0.187. The van der Waals surface area contributed by atoms with Crippen LogP contribution in [0.4, 0.5) is 5.69 Å². The van der Waals surface area contributed by atoms with Crippen molar-refractivity contribution in [1.29, 1.82) is 0 Å². The van der Waals surface area contributed by atoms with Gasteiger partial charge in [-0.3, -0.25) is 14.2 Å². The number of rotatable bonds is 6. The Balaban J connectivity index is 1.61. The maximum absolute atomic E-state index is 13.1. The molecular weight excluding hydrogens is 426 g/mol. The van der Waals surface area contributed by atoms with Crippen LogP contribution in [0.5, 0.6) is 0 Å². The van der Waals surface area contributed by atoms with Crippen molar-refractivity contribution in [1.82, 2.24) is 9.55 Å². The van der Waals surface area contributed by atoms with E-state index in [4.69, 9.17) is 4.98 Å². The zero-order valence-electron chi connectivity index (χ0n) is 17.6. The minimum atomic E-state index is -0.0937. The van der Waals surface area contributed by atoms with Crippen LogP contribution in [0, 0.1) is 0 Å². The summed E-state index contributed by atoms with van der Waals surface area (Å²) >= 11 is 2.75. The van der Waals surface area contributed by atoms with Gasteiger partial charge in [-0.25, -0.2) is 4.98 Å². The predicted molar refractivity (Wildman–Crippen MR) is 130 cm³/mol. The third kappa shape index (κ3) is 4.29. The Labute approximate surface area is 189 Å². The maximum atomic E-state index is 13.1. The fraction of sp³-hybridized carbons (Fsp3) is 0.208. The normalized spacial score (nSPS) is 11.2. The van der Waals surface area contributed by atoms with E-state index in [1.54, 1.807) is 16.5 Å². The molecule has 0 N–H and O–H groups in total. The summed E-state index contributed by atoms with van der Waals surface area (Å²) in [6, 6.07) is 19.5. The van der Waals surface area contributed by atoms with E-state index in [9.17, 15) is 9.59 Å². The van der Waals surface area contributed by atoms with Crippen LogP contribution in [0.25, 0.3) is 21.3 Å². The number of carbonyl (C=O) groups is 1. The van der Waals surface area contributed by atoms with Crippen molar-refractivity contribution in [2.24, 2.45) is 7.05 Å². The molecule has 5 nitrogen and oxygen atoms in total. The summed E-state index contributed by atoms with van der Waals surface area (Å²) in [7, 11) is 1.71. The molecule has 1 amide bonds. The molecule has 0 radical (unpaired) electrons. The highest BCUT2D eigenvalue weighted by molar-refractivity contribution is 7.99.